The summed E-state index contributed by atoms with van der Waals surface area (Å²) in [4.78, 5) is 13.3. The Kier molecular flexibility index (Phi) is 4.48. The van der Waals surface area contributed by atoms with E-state index < -0.39 is 0 Å². The number of hydrogen-bond donors (Lipinski definition) is 1. The van der Waals surface area contributed by atoms with Gasteiger partial charge in [0.05, 0.1) is 6.04 Å². The molecule has 3 aromatic rings. The maximum absolute atomic E-state index is 13.5. The lowest BCUT2D eigenvalue weighted by Gasteiger charge is -2.38. The molecule has 0 radical (unpaired) electrons. The summed E-state index contributed by atoms with van der Waals surface area (Å²) in [7, 11) is 0. The van der Waals surface area contributed by atoms with Crippen molar-refractivity contribution < 1.29 is 9.18 Å². The molecule has 29 heavy (non-hydrogen) atoms. The monoisotopic (exact) mass is 403 g/mol. The molecule has 2 aliphatic rings. The van der Waals surface area contributed by atoms with E-state index in [1.54, 1.807) is 6.07 Å². The topological polar surface area (TPSA) is 29.1 Å². The number of halogens is 2. The molecule has 1 heterocycles. The van der Waals surface area contributed by atoms with Gasteiger partial charge in [0.2, 0.25) is 0 Å². The lowest BCUT2D eigenvalue weighted by atomic mass is 9.76. The van der Waals surface area contributed by atoms with Crippen LogP contribution in [0.5, 0.6) is 0 Å². The highest BCUT2D eigenvalue weighted by Crippen LogP contribution is 2.51. The van der Waals surface area contributed by atoms with Crippen LogP contribution in [0.3, 0.4) is 0 Å². The van der Waals surface area contributed by atoms with E-state index in [9.17, 15) is 9.18 Å². The Morgan fingerprint density at radius 1 is 1.03 bits per heavy atom. The average molecular weight is 404 g/mol. The van der Waals surface area contributed by atoms with Gasteiger partial charge in [-0.3, -0.25) is 4.79 Å². The maximum atomic E-state index is 13.5. The van der Waals surface area contributed by atoms with Gasteiger partial charge < -0.3 is 5.32 Å². The number of benzene rings is 3. The molecule has 4 heteroatoms. The third kappa shape index (κ3) is 3.16. The van der Waals surface area contributed by atoms with Crippen LogP contribution in [0.4, 0.5) is 10.1 Å². The molecule has 3 unspecified atom stereocenters. The molecule has 2 nitrogen and oxygen atoms in total. The summed E-state index contributed by atoms with van der Waals surface area (Å²) in [5.41, 5.74) is 4.09. The summed E-state index contributed by atoms with van der Waals surface area (Å²) in [5.74, 6) is 0.154. The van der Waals surface area contributed by atoms with Crippen molar-refractivity contribution in [3.05, 3.63) is 112 Å². The highest BCUT2D eigenvalue weighted by Gasteiger charge is 2.39. The van der Waals surface area contributed by atoms with Crippen molar-refractivity contribution in [2.24, 2.45) is 5.92 Å². The van der Waals surface area contributed by atoms with Crippen molar-refractivity contribution in [1.29, 1.82) is 0 Å². The number of ketones is 1. The van der Waals surface area contributed by atoms with Gasteiger partial charge >= 0.3 is 0 Å². The van der Waals surface area contributed by atoms with E-state index in [-0.39, 0.29) is 23.6 Å². The van der Waals surface area contributed by atoms with E-state index in [2.05, 4.69) is 17.5 Å². The van der Waals surface area contributed by atoms with Crippen LogP contribution in [-0.4, -0.2) is 5.78 Å². The number of nitrogens with one attached hydrogen (secondary N) is 1. The smallest absolute Gasteiger partial charge is 0.195 e. The van der Waals surface area contributed by atoms with Crippen molar-refractivity contribution in [2.75, 3.05) is 5.32 Å². The Morgan fingerprint density at radius 3 is 2.55 bits per heavy atom. The van der Waals surface area contributed by atoms with E-state index in [0.29, 0.717) is 22.1 Å². The van der Waals surface area contributed by atoms with Gasteiger partial charge in [-0.15, -0.1) is 0 Å². The fourth-order valence-electron chi connectivity index (χ4n) is 4.59. The van der Waals surface area contributed by atoms with Crippen molar-refractivity contribution in [2.45, 2.75) is 18.4 Å². The van der Waals surface area contributed by atoms with E-state index >= 15 is 0 Å². The second-order valence-electron chi connectivity index (χ2n) is 7.64. The predicted octanol–water partition coefficient (Wildman–Crippen LogP) is 6.54. The first-order valence-electron chi connectivity index (χ1n) is 9.73. The number of hydrogen-bond acceptors (Lipinski definition) is 2. The Hall–Kier alpha value is -2.91. The maximum Gasteiger partial charge on any atom is 0.195 e. The number of carbonyl (C=O) groups excluding carboxylic acids is 1. The highest BCUT2D eigenvalue weighted by molar-refractivity contribution is 6.31. The molecule has 3 aromatic carbocycles. The molecule has 0 bridgehead atoms. The number of rotatable bonds is 3. The summed E-state index contributed by atoms with van der Waals surface area (Å²) in [6, 6.07) is 19.5. The molecule has 5 rings (SSSR count). The standard InChI is InChI=1S/C25H19ClFNO/c26-17-13-21-19-7-4-8-20(19)23(15-9-11-18(27)12-10-15)28-24(21)22(14-17)25(29)16-5-2-1-3-6-16/h1-7,9-14,19-20,23,28H,8H2. The lowest BCUT2D eigenvalue weighted by Crippen LogP contribution is -2.30. The number of carbonyl (C=O) groups is 1. The third-order valence-electron chi connectivity index (χ3n) is 5.94. The second-order valence-corrected chi connectivity index (χ2v) is 8.08. The predicted molar refractivity (Wildman–Crippen MR) is 114 cm³/mol. The van der Waals surface area contributed by atoms with Gasteiger partial charge in [-0.1, -0.05) is 66.2 Å². The van der Waals surface area contributed by atoms with Crippen molar-refractivity contribution in [1.82, 2.24) is 0 Å². The van der Waals surface area contributed by atoms with Gasteiger partial charge in [0, 0.05) is 27.8 Å². The zero-order valence-corrected chi connectivity index (χ0v) is 16.4. The Balaban J connectivity index is 1.64. The zero-order chi connectivity index (χ0) is 20.0. The van der Waals surface area contributed by atoms with Crippen LogP contribution in [-0.2, 0) is 0 Å². The molecule has 144 valence electrons. The Labute approximate surface area is 174 Å². The molecule has 0 spiro atoms. The van der Waals surface area contributed by atoms with Gasteiger partial charge in [-0.25, -0.2) is 4.39 Å². The molecule has 1 aliphatic carbocycles. The summed E-state index contributed by atoms with van der Waals surface area (Å²) >= 11 is 6.43. The van der Waals surface area contributed by atoms with E-state index in [1.807, 2.05) is 48.5 Å². The number of fused-ring (bicyclic) bond motifs is 3. The molecule has 0 aromatic heterocycles. The first kappa shape index (κ1) is 18.1. The number of allylic oxidation sites excluding steroid dienone is 2. The number of anilines is 1. The molecule has 3 atom stereocenters. The van der Waals surface area contributed by atoms with Crippen molar-refractivity contribution in [3.63, 3.8) is 0 Å². The van der Waals surface area contributed by atoms with Crippen molar-refractivity contribution in [3.8, 4) is 0 Å². The average Bonchev–Trinajstić information content (AvgIpc) is 3.24. The quantitative estimate of drug-likeness (QED) is 0.397. The largest absolute Gasteiger partial charge is 0.377 e. The van der Waals surface area contributed by atoms with Crippen LogP contribution >= 0.6 is 11.6 Å². The fourth-order valence-corrected chi connectivity index (χ4v) is 4.82. The SMILES string of the molecule is O=C(c1ccccc1)c1cc(Cl)cc2c1NC(c1ccc(F)cc1)C1CC=CC21. The van der Waals surface area contributed by atoms with Gasteiger partial charge in [0.15, 0.2) is 5.78 Å². The molecule has 1 N–H and O–H groups in total. The molecule has 0 saturated heterocycles. The first-order chi connectivity index (χ1) is 14.1. The molecular weight excluding hydrogens is 385 g/mol. The molecular formula is C25H19ClFNO. The van der Waals surface area contributed by atoms with Crippen LogP contribution in [0, 0.1) is 11.7 Å². The van der Waals surface area contributed by atoms with E-state index in [0.717, 1.165) is 23.2 Å². The Morgan fingerprint density at radius 2 is 1.79 bits per heavy atom. The normalized spacial score (nSPS) is 21.9. The lowest BCUT2D eigenvalue weighted by molar-refractivity contribution is 0.103. The molecule has 0 saturated carbocycles. The minimum absolute atomic E-state index is 0.00778. The van der Waals surface area contributed by atoms with Crippen molar-refractivity contribution >= 4 is 23.1 Å². The van der Waals surface area contributed by atoms with Crippen LogP contribution in [0.15, 0.2) is 78.9 Å². The van der Waals surface area contributed by atoms with Crippen LogP contribution in [0.25, 0.3) is 0 Å². The summed E-state index contributed by atoms with van der Waals surface area (Å²) < 4.78 is 13.5. The van der Waals surface area contributed by atoms with Crippen LogP contribution in [0.1, 0.15) is 45.4 Å². The Bertz CT molecular complexity index is 1110. The minimum Gasteiger partial charge on any atom is -0.377 e. The van der Waals surface area contributed by atoms with Gasteiger partial charge in [-0.2, -0.15) is 0 Å². The van der Waals surface area contributed by atoms with Crippen LogP contribution in [0.2, 0.25) is 5.02 Å². The van der Waals surface area contributed by atoms with E-state index in [4.69, 9.17) is 11.6 Å². The minimum atomic E-state index is -0.252. The molecule has 0 fully saturated rings. The van der Waals surface area contributed by atoms with E-state index in [1.165, 1.54) is 12.1 Å². The summed E-state index contributed by atoms with van der Waals surface area (Å²) in [5, 5.41) is 4.17. The second kappa shape index (κ2) is 7.16. The first-order valence-corrected chi connectivity index (χ1v) is 10.1. The molecule has 0 amide bonds. The molecule has 1 aliphatic heterocycles. The zero-order valence-electron chi connectivity index (χ0n) is 15.6. The third-order valence-corrected chi connectivity index (χ3v) is 6.16. The van der Waals surface area contributed by atoms with Gasteiger partial charge in [0.1, 0.15) is 5.82 Å². The van der Waals surface area contributed by atoms with Gasteiger partial charge in [-0.05, 0) is 47.7 Å². The summed E-state index contributed by atoms with van der Waals surface area (Å²) in [6.07, 6.45) is 5.31. The van der Waals surface area contributed by atoms with Crippen LogP contribution < -0.4 is 5.32 Å². The fraction of sp³-hybridized carbons (Fsp3) is 0.160. The summed E-state index contributed by atoms with van der Waals surface area (Å²) in [6.45, 7) is 0. The highest BCUT2D eigenvalue weighted by atomic mass is 35.5. The van der Waals surface area contributed by atoms with Gasteiger partial charge in [0.25, 0.3) is 0 Å².